The van der Waals surface area contributed by atoms with Crippen LogP contribution in [0.5, 0.6) is 0 Å². The number of hydrogen-bond donors (Lipinski definition) is 1. The Morgan fingerprint density at radius 1 is 1.29 bits per heavy atom. The van der Waals surface area contributed by atoms with Gasteiger partial charge < -0.3 is 13.9 Å². The van der Waals surface area contributed by atoms with E-state index < -0.39 is 18.7 Å². The van der Waals surface area contributed by atoms with Crippen molar-refractivity contribution in [1.82, 2.24) is 5.32 Å². The standard InChI is InChI=1S/C12H27NO2Si2/c1-6-7-17(15-16-14)10-8-11(2,3)13-12(4,5)9-10/h10,13,16-17H,6-9H2,1-5H3. The molecule has 1 aliphatic heterocycles. The Bertz CT molecular complexity index is 253. The van der Waals surface area contributed by atoms with E-state index in [-0.39, 0.29) is 11.1 Å². The van der Waals surface area contributed by atoms with Gasteiger partial charge in [0.25, 0.3) is 0 Å². The summed E-state index contributed by atoms with van der Waals surface area (Å²) in [4.78, 5) is 0. The third-order valence-electron chi connectivity index (χ3n) is 3.55. The Morgan fingerprint density at radius 3 is 2.24 bits per heavy atom. The van der Waals surface area contributed by atoms with Crippen molar-refractivity contribution in [3.05, 3.63) is 0 Å². The Labute approximate surface area is 109 Å². The van der Waals surface area contributed by atoms with Gasteiger partial charge in [0.2, 0.25) is 9.04 Å². The molecule has 1 heterocycles. The van der Waals surface area contributed by atoms with Crippen LogP contribution < -0.4 is 5.32 Å². The summed E-state index contributed by atoms with van der Waals surface area (Å²) in [5.74, 6) is 0. The van der Waals surface area contributed by atoms with Crippen molar-refractivity contribution in [2.75, 3.05) is 0 Å². The molecule has 17 heavy (non-hydrogen) atoms. The second-order valence-corrected chi connectivity index (χ2v) is 10.5. The van der Waals surface area contributed by atoms with Gasteiger partial charge in [-0.2, -0.15) is 0 Å². The van der Waals surface area contributed by atoms with Crippen molar-refractivity contribution in [2.24, 2.45) is 0 Å². The summed E-state index contributed by atoms with van der Waals surface area (Å²) in [6.07, 6.45) is 3.47. The molecule has 3 nitrogen and oxygen atoms in total. The van der Waals surface area contributed by atoms with E-state index in [2.05, 4.69) is 39.9 Å². The Morgan fingerprint density at radius 2 is 1.82 bits per heavy atom. The second kappa shape index (κ2) is 5.76. The van der Waals surface area contributed by atoms with Crippen LogP contribution in [0.1, 0.15) is 53.9 Å². The van der Waals surface area contributed by atoms with Crippen molar-refractivity contribution in [1.29, 1.82) is 0 Å². The molecule has 5 heteroatoms. The molecule has 0 bridgehead atoms. The lowest BCUT2D eigenvalue weighted by atomic mass is 9.82. The topological polar surface area (TPSA) is 38.3 Å². The minimum Gasteiger partial charge on any atom is -0.583 e. The van der Waals surface area contributed by atoms with Crippen LogP contribution in [0.3, 0.4) is 0 Å². The monoisotopic (exact) mass is 273 g/mol. The van der Waals surface area contributed by atoms with E-state index >= 15 is 0 Å². The zero-order valence-corrected chi connectivity index (χ0v) is 14.2. The second-order valence-electron chi connectivity index (χ2n) is 6.62. The number of hydrogen-bond acceptors (Lipinski definition) is 3. The van der Waals surface area contributed by atoms with Crippen molar-refractivity contribution in [3.63, 3.8) is 0 Å². The molecule has 0 amide bonds. The normalized spacial score (nSPS) is 25.2. The minimum atomic E-state index is -1.29. The average Bonchev–Trinajstić information content (AvgIpc) is 2.12. The fourth-order valence-electron chi connectivity index (χ4n) is 3.43. The van der Waals surface area contributed by atoms with Crippen LogP contribution in [0.4, 0.5) is 0 Å². The fourth-order valence-corrected chi connectivity index (χ4v) is 8.18. The quantitative estimate of drug-likeness (QED) is 0.780. The summed E-state index contributed by atoms with van der Waals surface area (Å²) >= 11 is 0. The molecule has 1 unspecified atom stereocenters. The van der Waals surface area contributed by atoms with Gasteiger partial charge in [0.1, 0.15) is 0 Å². The van der Waals surface area contributed by atoms with Gasteiger partial charge in [-0.1, -0.05) is 13.3 Å². The van der Waals surface area contributed by atoms with Crippen molar-refractivity contribution in [2.45, 2.75) is 76.5 Å². The molecule has 1 fully saturated rings. The first-order chi connectivity index (χ1) is 7.79. The van der Waals surface area contributed by atoms with E-state index in [0.717, 1.165) is 25.3 Å². The summed E-state index contributed by atoms with van der Waals surface area (Å²) < 4.78 is 16.5. The highest BCUT2D eigenvalue weighted by atomic mass is 28.3. The average molecular weight is 274 g/mol. The smallest absolute Gasteiger partial charge is 0.472 e. The van der Waals surface area contributed by atoms with Crippen LogP contribution in [0.15, 0.2) is 0 Å². The molecule has 0 aromatic carbocycles. The molecule has 0 radical (unpaired) electrons. The molecule has 1 rings (SSSR count). The highest BCUT2D eigenvalue weighted by molar-refractivity contribution is 6.57. The Balaban J connectivity index is 2.76. The van der Waals surface area contributed by atoms with Crippen LogP contribution in [-0.4, -0.2) is 29.8 Å². The molecular weight excluding hydrogens is 246 g/mol. The van der Waals surface area contributed by atoms with E-state index in [1.165, 1.54) is 0 Å². The van der Waals surface area contributed by atoms with Gasteiger partial charge in [-0.05, 0) is 52.1 Å². The SMILES string of the molecule is CCC[SiH](O[SiH]=O)C1CC(C)(C)NC(C)(C)C1. The summed E-state index contributed by atoms with van der Waals surface area (Å²) in [6.45, 7) is 11.3. The zero-order valence-electron chi connectivity index (χ0n) is 11.9. The largest absolute Gasteiger partial charge is 0.583 e. The fraction of sp³-hybridized carbons (Fsp3) is 1.00. The zero-order chi connectivity index (χ0) is 13.1. The number of piperidine rings is 1. The van der Waals surface area contributed by atoms with Crippen LogP contribution in [0.2, 0.25) is 11.6 Å². The van der Waals surface area contributed by atoms with Crippen LogP contribution in [0.25, 0.3) is 0 Å². The third kappa shape index (κ3) is 4.64. The minimum absolute atomic E-state index is 0.174. The summed E-state index contributed by atoms with van der Waals surface area (Å²) in [6, 6.07) is 1.16. The number of rotatable bonds is 5. The highest BCUT2D eigenvalue weighted by Crippen LogP contribution is 2.39. The summed E-state index contributed by atoms with van der Waals surface area (Å²) in [5, 5.41) is 3.70. The van der Waals surface area contributed by atoms with E-state index in [1.54, 1.807) is 0 Å². The van der Waals surface area contributed by atoms with Crippen LogP contribution in [-0.2, 0) is 8.58 Å². The maximum absolute atomic E-state index is 10.9. The van der Waals surface area contributed by atoms with E-state index in [4.69, 9.17) is 4.12 Å². The van der Waals surface area contributed by atoms with Gasteiger partial charge in [0.15, 0.2) is 0 Å². The molecule has 0 spiro atoms. The molecule has 0 aliphatic carbocycles. The number of nitrogens with one attached hydrogen (secondary N) is 1. The molecule has 1 saturated heterocycles. The van der Waals surface area contributed by atoms with Gasteiger partial charge in [-0.15, -0.1) is 0 Å². The molecule has 0 aromatic heterocycles. The molecule has 0 saturated carbocycles. The van der Waals surface area contributed by atoms with Crippen molar-refractivity contribution in [3.8, 4) is 0 Å². The lowest BCUT2D eigenvalue weighted by molar-refractivity contribution is 0.177. The summed E-state index contributed by atoms with van der Waals surface area (Å²) in [7, 11) is -2.32. The van der Waals surface area contributed by atoms with Gasteiger partial charge in [0, 0.05) is 11.1 Å². The van der Waals surface area contributed by atoms with E-state index in [0.29, 0.717) is 5.54 Å². The lowest BCUT2D eigenvalue weighted by Crippen LogP contribution is -2.58. The maximum Gasteiger partial charge on any atom is 0.472 e. The van der Waals surface area contributed by atoms with Crippen LogP contribution in [0, 0.1) is 0 Å². The Hall–Kier alpha value is -0.00623. The van der Waals surface area contributed by atoms with Crippen molar-refractivity contribution < 1.29 is 8.58 Å². The van der Waals surface area contributed by atoms with Gasteiger partial charge in [-0.25, -0.2) is 0 Å². The van der Waals surface area contributed by atoms with Gasteiger partial charge in [0.05, 0.1) is 0 Å². The predicted molar refractivity (Wildman–Crippen MR) is 75.4 cm³/mol. The highest BCUT2D eigenvalue weighted by Gasteiger charge is 2.41. The first-order valence-electron chi connectivity index (χ1n) is 6.68. The molecule has 1 atom stereocenters. The third-order valence-corrected chi connectivity index (χ3v) is 8.06. The van der Waals surface area contributed by atoms with Gasteiger partial charge >= 0.3 is 9.65 Å². The van der Waals surface area contributed by atoms with E-state index in [1.807, 2.05) is 0 Å². The maximum atomic E-state index is 10.9. The molecule has 1 aliphatic rings. The van der Waals surface area contributed by atoms with Crippen molar-refractivity contribution >= 4 is 18.7 Å². The molecule has 100 valence electrons. The Kier molecular flexibility index (Phi) is 5.10. The first-order valence-corrected chi connectivity index (χ1v) is 9.58. The lowest BCUT2D eigenvalue weighted by Gasteiger charge is -2.48. The van der Waals surface area contributed by atoms with E-state index in [9.17, 15) is 4.46 Å². The van der Waals surface area contributed by atoms with Crippen LogP contribution >= 0.6 is 0 Å². The molecular formula is C12H27NO2Si2. The molecule has 1 N–H and O–H groups in total. The summed E-state index contributed by atoms with van der Waals surface area (Å²) in [5.41, 5.74) is 1.00. The first kappa shape index (κ1) is 15.1. The molecule has 0 aromatic rings. The predicted octanol–water partition coefficient (Wildman–Crippen LogP) is 2.14. The van der Waals surface area contributed by atoms with Gasteiger partial charge in [-0.3, -0.25) is 0 Å².